The predicted molar refractivity (Wildman–Crippen MR) is 77.8 cm³/mol. The summed E-state index contributed by atoms with van der Waals surface area (Å²) in [4.78, 5) is 4.34. The third-order valence-electron chi connectivity index (χ3n) is 4.78. The zero-order valence-corrected chi connectivity index (χ0v) is 11.6. The maximum atomic E-state index is 11.0. The van der Waals surface area contributed by atoms with Gasteiger partial charge in [-0.3, -0.25) is 4.98 Å². The highest BCUT2D eigenvalue weighted by Gasteiger charge is 2.37. The highest BCUT2D eigenvalue weighted by Crippen LogP contribution is 2.42. The zero-order valence-electron chi connectivity index (χ0n) is 11.6. The Morgan fingerprint density at radius 2 is 2.05 bits per heavy atom. The first kappa shape index (κ1) is 12.6. The van der Waals surface area contributed by atoms with E-state index in [1.807, 2.05) is 18.2 Å². The molecule has 1 aromatic carbocycles. The summed E-state index contributed by atoms with van der Waals surface area (Å²) in [6.45, 7) is 4.53. The number of aliphatic hydroxyl groups is 1. The van der Waals surface area contributed by atoms with Gasteiger partial charge in [-0.25, -0.2) is 0 Å². The van der Waals surface area contributed by atoms with Crippen molar-refractivity contribution in [1.29, 1.82) is 0 Å². The van der Waals surface area contributed by atoms with Gasteiger partial charge in [0, 0.05) is 11.6 Å². The average molecular weight is 255 g/mol. The lowest BCUT2D eigenvalue weighted by Crippen LogP contribution is -2.35. The van der Waals surface area contributed by atoms with Gasteiger partial charge in [0.15, 0.2) is 0 Å². The smallest absolute Gasteiger partial charge is 0.0899 e. The molecule has 0 saturated heterocycles. The number of nitrogens with zero attached hydrogens (tertiary/aromatic N) is 1. The van der Waals surface area contributed by atoms with Gasteiger partial charge in [0.25, 0.3) is 0 Å². The SMILES string of the molecule is CC1CCC(O)(c2ccc3ncccc3c2)CC1C. The van der Waals surface area contributed by atoms with Gasteiger partial charge < -0.3 is 5.11 Å². The molecule has 1 aromatic heterocycles. The number of aromatic nitrogens is 1. The van der Waals surface area contributed by atoms with Crippen LogP contribution in [0.3, 0.4) is 0 Å². The molecule has 1 fully saturated rings. The van der Waals surface area contributed by atoms with Crippen LogP contribution in [0.5, 0.6) is 0 Å². The van der Waals surface area contributed by atoms with Crippen LogP contribution in [0.2, 0.25) is 0 Å². The fourth-order valence-electron chi connectivity index (χ4n) is 3.21. The third-order valence-corrected chi connectivity index (χ3v) is 4.78. The molecule has 1 aliphatic carbocycles. The Balaban J connectivity index is 1.99. The molecule has 0 radical (unpaired) electrons. The van der Waals surface area contributed by atoms with Crippen molar-refractivity contribution >= 4 is 10.9 Å². The molecule has 2 nitrogen and oxygen atoms in total. The number of pyridine rings is 1. The largest absolute Gasteiger partial charge is 0.385 e. The van der Waals surface area contributed by atoms with Crippen molar-refractivity contribution in [1.82, 2.24) is 4.98 Å². The fraction of sp³-hybridized carbons (Fsp3) is 0.471. The van der Waals surface area contributed by atoms with Gasteiger partial charge in [-0.1, -0.05) is 26.0 Å². The van der Waals surface area contributed by atoms with E-state index in [2.05, 4.69) is 31.0 Å². The van der Waals surface area contributed by atoms with E-state index in [9.17, 15) is 5.11 Å². The number of rotatable bonds is 1. The summed E-state index contributed by atoms with van der Waals surface area (Å²) in [5.74, 6) is 1.28. The van der Waals surface area contributed by atoms with Crippen LogP contribution in [0.15, 0.2) is 36.5 Å². The lowest BCUT2D eigenvalue weighted by molar-refractivity contribution is -0.0335. The number of fused-ring (bicyclic) bond motifs is 1. The average Bonchev–Trinajstić information content (AvgIpc) is 2.43. The van der Waals surface area contributed by atoms with E-state index in [0.29, 0.717) is 11.8 Å². The van der Waals surface area contributed by atoms with E-state index in [1.165, 1.54) is 0 Å². The minimum atomic E-state index is -0.657. The normalized spacial score (nSPS) is 31.5. The van der Waals surface area contributed by atoms with Crippen LogP contribution < -0.4 is 0 Å². The molecule has 0 aliphatic heterocycles. The second-order valence-corrected chi connectivity index (χ2v) is 6.14. The molecular weight excluding hydrogens is 234 g/mol. The minimum Gasteiger partial charge on any atom is -0.385 e. The highest BCUT2D eigenvalue weighted by atomic mass is 16.3. The second kappa shape index (κ2) is 4.61. The molecule has 0 spiro atoms. The van der Waals surface area contributed by atoms with Crippen molar-refractivity contribution < 1.29 is 5.11 Å². The molecule has 0 bridgehead atoms. The molecule has 1 aliphatic rings. The van der Waals surface area contributed by atoms with Gasteiger partial charge in [-0.15, -0.1) is 0 Å². The standard InChI is InChI=1S/C17H21NO/c1-12-7-8-17(19,11-13(12)2)15-5-6-16-14(10-15)4-3-9-18-16/h3-6,9-10,12-13,19H,7-8,11H2,1-2H3. The van der Waals surface area contributed by atoms with E-state index in [0.717, 1.165) is 35.7 Å². The molecule has 1 N–H and O–H groups in total. The molecule has 2 heteroatoms. The monoisotopic (exact) mass is 255 g/mol. The van der Waals surface area contributed by atoms with Crippen molar-refractivity contribution in [3.8, 4) is 0 Å². The van der Waals surface area contributed by atoms with Crippen LogP contribution >= 0.6 is 0 Å². The van der Waals surface area contributed by atoms with Crippen LogP contribution in [-0.2, 0) is 5.60 Å². The molecule has 3 rings (SSSR count). The maximum Gasteiger partial charge on any atom is 0.0899 e. The Morgan fingerprint density at radius 1 is 1.21 bits per heavy atom. The van der Waals surface area contributed by atoms with E-state index >= 15 is 0 Å². The van der Waals surface area contributed by atoms with Crippen molar-refractivity contribution in [3.63, 3.8) is 0 Å². The van der Waals surface area contributed by atoms with Gasteiger partial charge in [0.05, 0.1) is 11.1 Å². The maximum absolute atomic E-state index is 11.0. The van der Waals surface area contributed by atoms with Gasteiger partial charge in [-0.2, -0.15) is 0 Å². The van der Waals surface area contributed by atoms with Crippen molar-refractivity contribution in [3.05, 3.63) is 42.1 Å². The topological polar surface area (TPSA) is 33.1 Å². The zero-order chi connectivity index (χ0) is 13.5. The Kier molecular flexibility index (Phi) is 3.06. The molecule has 3 atom stereocenters. The van der Waals surface area contributed by atoms with E-state index in [1.54, 1.807) is 6.20 Å². The van der Waals surface area contributed by atoms with Crippen LogP contribution in [-0.4, -0.2) is 10.1 Å². The van der Waals surface area contributed by atoms with E-state index in [4.69, 9.17) is 0 Å². The first-order chi connectivity index (χ1) is 9.08. The van der Waals surface area contributed by atoms with Crippen molar-refractivity contribution in [2.45, 2.75) is 38.7 Å². The summed E-state index contributed by atoms with van der Waals surface area (Å²) in [7, 11) is 0. The van der Waals surface area contributed by atoms with Gasteiger partial charge in [-0.05, 0) is 54.9 Å². The van der Waals surface area contributed by atoms with Crippen LogP contribution in [0.4, 0.5) is 0 Å². The van der Waals surface area contributed by atoms with Gasteiger partial charge in [0.1, 0.15) is 0 Å². The molecule has 1 heterocycles. The third kappa shape index (κ3) is 2.25. The lowest BCUT2D eigenvalue weighted by Gasteiger charge is -2.39. The first-order valence-corrected chi connectivity index (χ1v) is 7.16. The summed E-state index contributed by atoms with van der Waals surface area (Å²) < 4.78 is 0. The van der Waals surface area contributed by atoms with Crippen LogP contribution in [0, 0.1) is 11.8 Å². The van der Waals surface area contributed by atoms with Gasteiger partial charge >= 0.3 is 0 Å². The fourth-order valence-corrected chi connectivity index (χ4v) is 3.21. The predicted octanol–water partition coefficient (Wildman–Crippen LogP) is 3.88. The molecule has 100 valence electrons. The summed E-state index contributed by atoms with van der Waals surface area (Å²) in [5, 5.41) is 12.1. The summed E-state index contributed by atoms with van der Waals surface area (Å²) in [5.41, 5.74) is 1.38. The number of hydrogen-bond donors (Lipinski definition) is 1. The Labute approximate surface area is 114 Å². The Morgan fingerprint density at radius 3 is 2.84 bits per heavy atom. The van der Waals surface area contributed by atoms with Crippen molar-refractivity contribution in [2.24, 2.45) is 11.8 Å². The van der Waals surface area contributed by atoms with Crippen LogP contribution in [0.25, 0.3) is 10.9 Å². The number of benzene rings is 1. The first-order valence-electron chi connectivity index (χ1n) is 7.16. The Bertz CT molecular complexity index is 595. The molecular formula is C17H21NO. The molecule has 2 aromatic rings. The summed E-state index contributed by atoms with van der Waals surface area (Å²) in [6.07, 6.45) is 4.63. The van der Waals surface area contributed by atoms with E-state index in [-0.39, 0.29) is 0 Å². The summed E-state index contributed by atoms with van der Waals surface area (Å²) in [6, 6.07) is 10.2. The summed E-state index contributed by atoms with van der Waals surface area (Å²) >= 11 is 0. The molecule has 1 saturated carbocycles. The van der Waals surface area contributed by atoms with Crippen LogP contribution in [0.1, 0.15) is 38.7 Å². The molecule has 3 unspecified atom stereocenters. The second-order valence-electron chi connectivity index (χ2n) is 6.14. The molecule has 0 amide bonds. The van der Waals surface area contributed by atoms with Crippen molar-refractivity contribution in [2.75, 3.05) is 0 Å². The molecule has 19 heavy (non-hydrogen) atoms. The Hall–Kier alpha value is -1.41. The van der Waals surface area contributed by atoms with E-state index < -0.39 is 5.60 Å². The highest BCUT2D eigenvalue weighted by molar-refractivity contribution is 5.79. The lowest BCUT2D eigenvalue weighted by atomic mass is 9.70. The quantitative estimate of drug-likeness (QED) is 0.839. The minimum absolute atomic E-state index is 0.573. The number of hydrogen-bond acceptors (Lipinski definition) is 2. The van der Waals surface area contributed by atoms with Gasteiger partial charge in [0.2, 0.25) is 0 Å².